The molecule has 0 amide bonds. The normalized spacial score (nSPS) is 11.2. The minimum Gasteiger partial charge on any atom is -0.493 e. The quantitative estimate of drug-likeness (QED) is 0.152. The Kier molecular flexibility index (Phi) is 9.57. The number of benzene rings is 3. The van der Waals surface area contributed by atoms with Gasteiger partial charge in [-0.3, -0.25) is 4.79 Å². The van der Waals surface area contributed by atoms with Gasteiger partial charge in [0.25, 0.3) is 0 Å². The highest BCUT2D eigenvalue weighted by molar-refractivity contribution is 7.91. The van der Waals surface area contributed by atoms with Gasteiger partial charge < -0.3 is 14.2 Å². The number of para-hydroxylation sites is 1. The fourth-order valence-corrected chi connectivity index (χ4v) is 5.26. The molecule has 6 nitrogen and oxygen atoms in total. The molecule has 8 heteroatoms. The van der Waals surface area contributed by atoms with Crippen molar-refractivity contribution in [1.82, 2.24) is 0 Å². The van der Waals surface area contributed by atoms with Crippen molar-refractivity contribution in [2.45, 2.75) is 44.4 Å². The first-order chi connectivity index (χ1) is 16.8. The van der Waals surface area contributed by atoms with Crippen molar-refractivity contribution in [3.05, 3.63) is 77.3 Å². The maximum Gasteiger partial charge on any atom is 0.310 e. The molecule has 0 N–H and O–H groups in total. The van der Waals surface area contributed by atoms with Crippen molar-refractivity contribution in [3.8, 4) is 23.0 Å². The van der Waals surface area contributed by atoms with Gasteiger partial charge in [-0.05, 0) is 60.9 Å². The van der Waals surface area contributed by atoms with E-state index in [1.54, 1.807) is 6.92 Å². The van der Waals surface area contributed by atoms with Crippen LogP contribution in [-0.2, 0) is 21.1 Å². The molecule has 186 valence electrons. The Bertz CT molecular complexity index is 1240. The lowest BCUT2D eigenvalue weighted by Crippen LogP contribution is -2.12. The molecule has 0 spiro atoms. The summed E-state index contributed by atoms with van der Waals surface area (Å²) in [6.45, 7) is 3.99. The number of carbonyl (C=O) groups excluding carboxylic acids is 1. The molecule has 0 aliphatic heterocycles. The number of aryl methyl sites for hydroxylation is 1. The third kappa shape index (κ3) is 7.73. The summed E-state index contributed by atoms with van der Waals surface area (Å²) in [5.74, 6) is 1.85. The Morgan fingerprint density at radius 2 is 1.66 bits per heavy atom. The number of hydrogen-bond donors (Lipinski definition) is 0. The van der Waals surface area contributed by atoms with Gasteiger partial charge in [0.2, 0.25) is 0 Å². The van der Waals surface area contributed by atoms with E-state index in [1.165, 1.54) is 18.2 Å². The lowest BCUT2D eigenvalue weighted by Gasteiger charge is -2.14. The van der Waals surface area contributed by atoms with Crippen molar-refractivity contribution in [3.63, 3.8) is 0 Å². The number of sulfone groups is 1. The number of hydrogen-bond acceptors (Lipinski definition) is 6. The van der Waals surface area contributed by atoms with Gasteiger partial charge in [0.05, 0.1) is 22.3 Å². The molecule has 0 aromatic heterocycles. The maximum absolute atomic E-state index is 12.8. The summed E-state index contributed by atoms with van der Waals surface area (Å²) >= 11 is 6.16. The Hall–Kier alpha value is -3.03. The van der Waals surface area contributed by atoms with E-state index in [0.29, 0.717) is 12.2 Å². The van der Waals surface area contributed by atoms with Crippen LogP contribution in [0.15, 0.2) is 71.6 Å². The summed E-state index contributed by atoms with van der Waals surface area (Å²) in [6.07, 6.45) is 2.24. The molecule has 0 saturated heterocycles. The molecule has 3 aromatic carbocycles. The second-order valence-corrected chi connectivity index (χ2v) is 10.4. The average molecular weight is 517 g/mol. The molecule has 0 saturated carbocycles. The lowest BCUT2D eigenvalue weighted by molar-refractivity contribution is -0.134. The molecule has 0 fully saturated rings. The summed E-state index contributed by atoms with van der Waals surface area (Å²) in [4.78, 5) is 11.4. The van der Waals surface area contributed by atoms with Crippen molar-refractivity contribution in [2.24, 2.45) is 0 Å². The molecule has 3 rings (SSSR count). The molecule has 0 unspecified atom stereocenters. The van der Waals surface area contributed by atoms with E-state index in [9.17, 15) is 13.2 Å². The summed E-state index contributed by atoms with van der Waals surface area (Å²) in [6, 6.07) is 19.3. The minimum atomic E-state index is -3.63. The van der Waals surface area contributed by atoms with Crippen LogP contribution in [0.3, 0.4) is 0 Å². The third-order valence-electron chi connectivity index (χ3n) is 5.10. The molecule has 0 atom stereocenters. The fourth-order valence-electron chi connectivity index (χ4n) is 3.39. The van der Waals surface area contributed by atoms with Crippen LogP contribution >= 0.6 is 11.6 Å². The molecular formula is C27H29ClO6S. The van der Waals surface area contributed by atoms with Crippen molar-refractivity contribution >= 4 is 27.4 Å². The molecule has 0 aliphatic rings. The van der Waals surface area contributed by atoms with Crippen LogP contribution in [0.5, 0.6) is 23.0 Å². The van der Waals surface area contributed by atoms with Crippen molar-refractivity contribution in [2.75, 3.05) is 12.4 Å². The highest BCUT2D eigenvalue weighted by atomic mass is 35.5. The molecule has 3 aromatic rings. The van der Waals surface area contributed by atoms with Gasteiger partial charge in [-0.2, -0.15) is 0 Å². The molecule has 0 bridgehead atoms. The molecule has 35 heavy (non-hydrogen) atoms. The number of carbonyl (C=O) groups is 1. The average Bonchev–Trinajstić information content (AvgIpc) is 2.83. The zero-order chi connectivity index (χ0) is 25.3. The van der Waals surface area contributed by atoms with E-state index < -0.39 is 15.8 Å². The second-order valence-electron chi connectivity index (χ2n) is 7.88. The summed E-state index contributed by atoms with van der Waals surface area (Å²) in [5, 5.41) is 0.0200. The van der Waals surface area contributed by atoms with Crippen LogP contribution in [0.4, 0.5) is 0 Å². The third-order valence-corrected chi connectivity index (χ3v) is 7.38. The predicted molar refractivity (Wildman–Crippen MR) is 136 cm³/mol. The van der Waals surface area contributed by atoms with Gasteiger partial charge in [-0.25, -0.2) is 8.42 Å². The molecule has 0 aliphatic carbocycles. The molecular weight excluding hydrogens is 488 g/mol. The SMILES string of the molecule is CCCc1cc(Oc2ccccc2)ccc1OCCCS(=O)(=O)c1ccc(OC(=O)CC)cc1Cl. The first-order valence-corrected chi connectivity index (χ1v) is 13.6. The Morgan fingerprint density at radius 3 is 2.34 bits per heavy atom. The van der Waals surface area contributed by atoms with Gasteiger partial charge in [-0.15, -0.1) is 0 Å². The lowest BCUT2D eigenvalue weighted by atomic mass is 10.1. The van der Waals surface area contributed by atoms with Crippen molar-refractivity contribution < 1.29 is 27.4 Å². The highest BCUT2D eigenvalue weighted by Gasteiger charge is 2.19. The smallest absolute Gasteiger partial charge is 0.310 e. The summed E-state index contributed by atoms with van der Waals surface area (Å²) in [7, 11) is -3.63. The maximum atomic E-state index is 12.8. The van der Waals surface area contributed by atoms with Crippen LogP contribution in [0.25, 0.3) is 0 Å². The second kappa shape index (κ2) is 12.6. The summed E-state index contributed by atoms with van der Waals surface area (Å²) in [5.41, 5.74) is 1.00. The minimum absolute atomic E-state index is 0.00421. The van der Waals surface area contributed by atoms with Crippen LogP contribution in [0.1, 0.15) is 38.7 Å². The van der Waals surface area contributed by atoms with E-state index in [0.717, 1.165) is 29.9 Å². The Morgan fingerprint density at radius 1 is 0.914 bits per heavy atom. The van der Waals surface area contributed by atoms with E-state index in [4.69, 9.17) is 25.8 Å². The van der Waals surface area contributed by atoms with Crippen LogP contribution in [0, 0.1) is 0 Å². The van der Waals surface area contributed by atoms with Crippen LogP contribution in [0.2, 0.25) is 5.02 Å². The summed E-state index contributed by atoms with van der Waals surface area (Å²) < 4.78 is 42.5. The van der Waals surface area contributed by atoms with Gasteiger partial charge in [0.1, 0.15) is 23.0 Å². The zero-order valence-electron chi connectivity index (χ0n) is 19.8. The Balaban J connectivity index is 1.59. The van der Waals surface area contributed by atoms with Gasteiger partial charge in [0.15, 0.2) is 9.84 Å². The number of esters is 1. The topological polar surface area (TPSA) is 78.9 Å². The fraction of sp³-hybridized carbons (Fsp3) is 0.296. The molecule has 0 heterocycles. The van der Waals surface area contributed by atoms with E-state index in [-0.39, 0.29) is 34.4 Å². The van der Waals surface area contributed by atoms with Gasteiger partial charge in [-0.1, -0.05) is 50.1 Å². The number of rotatable bonds is 12. The first-order valence-electron chi connectivity index (χ1n) is 11.5. The monoisotopic (exact) mass is 516 g/mol. The van der Waals surface area contributed by atoms with Crippen LogP contribution in [-0.4, -0.2) is 26.7 Å². The molecule has 0 radical (unpaired) electrons. The zero-order valence-corrected chi connectivity index (χ0v) is 21.4. The highest BCUT2D eigenvalue weighted by Crippen LogP contribution is 2.30. The standard InChI is InChI=1S/C27H29ClO6S/c1-3-9-20-18-22(33-21-10-6-5-7-11-21)12-14-25(20)32-16-8-17-35(30,31)26-15-13-23(19-24(26)28)34-27(29)4-2/h5-7,10-15,18-19H,3-4,8-9,16-17H2,1-2H3. The number of ether oxygens (including phenoxy) is 3. The van der Waals surface area contributed by atoms with E-state index in [2.05, 4.69) is 6.92 Å². The van der Waals surface area contributed by atoms with Crippen LogP contribution < -0.4 is 14.2 Å². The van der Waals surface area contributed by atoms with Gasteiger partial charge in [0, 0.05) is 12.5 Å². The van der Waals surface area contributed by atoms with Gasteiger partial charge >= 0.3 is 5.97 Å². The van der Waals surface area contributed by atoms with E-state index >= 15 is 0 Å². The number of halogens is 1. The largest absolute Gasteiger partial charge is 0.493 e. The Labute approximate surface area is 211 Å². The van der Waals surface area contributed by atoms with E-state index in [1.807, 2.05) is 48.5 Å². The van der Waals surface area contributed by atoms with Crippen molar-refractivity contribution in [1.29, 1.82) is 0 Å². The first kappa shape index (κ1) is 26.6. The predicted octanol–water partition coefficient (Wildman–Crippen LogP) is 6.64.